The van der Waals surface area contributed by atoms with Gasteiger partial charge in [-0.15, -0.1) is 0 Å². The fraction of sp³-hybridized carbons (Fsp3) is 0.467. The quantitative estimate of drug-likeness (QED) is 0.240. The zero-order chi connectivity index (χ0) is 27.7. The summed E-state index contributed by atoms with van der Waals surface area (Å²) >= 11 is 3.60. The Morgan fingerprint density at radius 2 is 1.68 bits per heavy atom. The van der Waals surface area contributed by atoms with Crippen molar-refractivity contribution in [3.05, 3.63) is 70.0 Å². The average molecular weight is 599 g/mol. The molecule has 2 aromatic carbocycles. The Bertz CT molecular complexity index is 1260. The van der Waals surface area contributed by atoms with E-state index in [4.69, 9.17) is 9.16 Å². The number of hydrogen-bond donors (Lipinski definition) is 0. The molecule has 0 spiro atoms. The minimum atomic E-state index is -1.86. The highest BCUT2D eigenvalue weighted by molar-refractivity contribution is 9.10. The van der Waals surface area contributed by atoms with Crippen LogP contribution >= 0.6 is 15.9 Å². The molecule has 0 saturated heterocycles. The van der Waals surface area contributed by atoms with Crippen LogP contribution in [0.3, 0.4) is 0 Å². The molecule has 38 heavy (non-hydrogen) atoms. The van der Waals surface area contributed by atoms with E-state index in [9.17, 15) is 4.79 Å². The number of halogens is 1. The maximum atomic E-state index is 13.5. The number of benzene rings is 2. The highest BCUT2D eigenvalue weighted by Crippen LogP contribution is 2.37. The predicted molar refractivity (Wildman–Crippen MR) is 159 cm³/mol. The van der Waals surface area contributed by atoms with Gasteiger partial charge < -0.3 is 14.1 Å². The maximum Gasteiger partial charge on any atom is 0.272 e. The zero-order valence-corrected chi connectivity index (χ0v) is 26.3. The second-order valence-corrected chi connectivity index (χ2v) is 17.4. The van der Waals surface area contributed by atoms with Crippen LogP contribution in [0.5, 0.6) is 5.75 Å². The third-order valence-corrected chi connectivity index (χ3v) is 12.9. The first kappa shape index (κ1) is 28.6. The minimum absolute atomic E-state index is 0.00606. The SMILES string of the molecule is CC(C)c1ccc(COc2ccc(-c3c(Br)nn4c3C(=O)N(CCO[Si](C)(C)C(C)(C)C)CC4)cc2)cc1. The van der Waals surface area contributed by atoms with E-state index in [0.717, 1.165) is 22.4 Å². The van der Waals surface area contributed by atoms with Gasteiger partial charge in [0.15, 0.2) is 8.32 Å². The number of fused-ring (bicyclic) bond motifs is 1. The fourth-order valence-electron chi connectivity index (χ4n) is 4.26. The standard InChI is InChI=1S/C30H40BrN3O3Si/c1-21(2)23-10-8-22(9-11-23)20-36-25-14-12-24(13-15-25)26-27-29(35)33(16-17-34(27)32-28(26)31)18-19-37-38(6,7)30(3,4)5/h8-15,21H,16-20H2,1-7H3. The molecular formula is C30H40BrN3O3Si. The fourth-order valence-corrected chi connectivity index (χ4v) is 5.90. The molecule has 0 atom stereocenters. The summed E-state index contributed by atoms with van der Waals surface area (Å²) in [6.45, 7) is 18.5. The Morgan fingerprint density at radius 1 is 1.03 bits per heavy atom. The van der Waals surface area contributed by atoms with Gasteiger partial charge in [0.2, 0.25) is 0 Å². The number of hydrogen-bond acceptors (Lipinski definition) is 4. The third-order valence-electron chi connectivity index (χ3n) is 7.81. The largest absolute Gasteiger partial charge is 0.489 e. The summed E-state index contributed by atoms with van der Waals surface area (Å²) in [5.74, 6) is 1.30. The van der Waals surface area contributed by atoms with Gasteiger partial charge in [-0.1, -0.05) is 71.0 Å². The van der Waals surface area contributed by atoms with Crippen molar-refractivity contribution in [2.75, 3.05) is 19.7 Å². The molecule has 6 nitrogen and oxygen atoms in total. The van der Waals surface area contributed by atoms with Crippen molar-refractivity contribution in [1.82, 2.24) is 14.7 Å². The van der Waals surface area contributed by atoms with E-state index in [-0.39, 0.29) is 10.9 Å². The lowest BCUT2D eigenvalue weighted by Crippen LogP contribution is -2.46. The summed E-state index contributed by atoms with van der Waals surface area (Å²) in [6.07, 6.45) is 0. The summed E-state index contributed by atoms with van der Waals surface area (Å²) < 4.78 is 14.9. The predicted octanol–water partition coefficient (Wildman–Crippen LogP) is 7.49. The maximum absolute atomic E-state index is 13.5. The number of carbonyl (C=O) groups is 1. The average Bonchev–Trinajstić information content (AvgIpc) is 3.20. The second kappa shape index (κ2) is 11.4. The summed E-state index contributed by atoms with van der Waals surface area (Å²) in [5, 5.41) is 4.75. The van der Waals surface area contributed by atoms with Crippen LogP contribution < -0.4 is 4.74 Å². The molecular weight excluding hydrogens is 558 g/mol. The van der Waals surface area contributed by atoms with Crippen LogP contribution in [0.25, 0.3) is 11.1 Å². The van der Waals surface area contributed by atoms with Gasteiger partial charge in [-0.2, -0.15) is 5.10 Å². The Balaban J connectivity index is 1.43. The van der Waals surface area contributed by atoms with E-state index in [1.807, 2.05) is 33.8 Å². The van der Waals surface area contributed by atoms with Crippen molar-refractivity contribution in [2.24, 2.45) is 0 Å². The van der Waals surface area contributed by atoms with E-state index in [2.05, 4.69) is 93.0 Å². The van der Waals surface area contributed by atoms with Gasteiger partial charge in [-0.05, 0) is 68.8 Å². The van der Waals surface area contributed by atoms with Crippen LogP contribution in [-0.2, 0) is 17.6 Å². The van der Waals surface area contributed by atoms with Crippen molar-refractivity contribution >= 4 is 30.2 Å². The summed E-state index contributed by atoms with van der Waals surface area (Å²) in [5.41, 5.74) is 4.83. The van der Waals surface area contributed by atoms with Crippen LogP contribution in [-0.4, -0.2) is 48.6 Å². The minimum Gasteiger partial charge on any atom is -0.489 e. The number of amides is 1. The van der Waals surface area contributed by atoms with Gasteiger partial charge in [-0.3, -0.25) is 9.48 Å². The lowest BCUT2D eigenvalue weighted by Gasteiger charge is -2.37. The first-order chi connectivity index (χ1) is 17.9. The first-order valence-electron chi connectivity index (χ1n) is 13.4. The van der Waals surface area contributed by atoms with Crippen molar-refractivity contribution in [2.45, 2.75) is 71.8 Å². The Hall–Kier alpha value is -2.42. The molecule has 0 aliphatic carbocycles. The molecule has 0 fully saturated rings. The number of nitrogens with zero attached hydrogens (tertiary/aromatic N) is 3. The van der Waals surface area contributed by atoms with Gasteiger partial charge in [-0.25, -0.2) is 0 Å². The van der Waals surface area contributed by atoms with E-state index < -0.39 is 8.32 Å². The molecule has 1 aliphatic heterocycles. The number of ether oxygens (including phenoxy) is 1. The molecule has 0 unspecified atom stereocenters. The molecule has 1 amide bonds. The normalized spacial score (nSPS) is 14.2. The zero-order valence-electron chi connectivity index (χ0n) is 23.7. The number of rotatable bonds is 9. The molecule has 0 saturated carbocycles. The Labute approximate surface area is 236 Å². The van der Waals surface area contributed by atoms with Gasteiger partial charge >= 0.3 is 0 Å². The van der Waals surface area contributed by atoms with Gasteiger partial charge in [0.25, 0.3) is 5.91 Å². The molecule has 8 heteroatoms. The highest BCUT2D eigenvalue weighted by Gasteiger charge is 2.37. The molecule has 4 rings (SSSR count). The van der Waals surface area contributed by atoms with Gasteiger partial charge in [0.1, 0.15) is 22.7 Å². The van der Waals surface area contributed by atoms with Crippen LogP contribution in [0, 0.1) is 0 Å². The van der Waals surface area contributed by atoms with E-state index in [1.165, 1.54) is 5.56 Å². The monoisotopic (exact) mass is 597 g/mol. The molecule has 0 radical (unpaired) electrons. The first-order valence-corrected chi connectivity index (χ1v) is 17.1. The van der Waals surface area contributed by atoms with Crippen LogP contribution in [0.15, 0.2) is 53.1 Å². The Kier molecular flexibility index (Phi) is 8.55. The van der Waals surface area contributed by atoms with E-state index in [0.29, 0.717) is 49.1 Å². The third kappa shape index (κ3) is 6.24. The highest BCUT2D eigenvalue weighted by atomic mass is 79.9. The van der Waals surface area contributed by atoms with Gasteiger partial charge in [0.05, 0.1) is 13.2 Å². The van der Waals surface area contributed by atoms with Crippen molar-refractivity contribution < 1.29 is 14.0 Å². The second-order valence-electron chi connectivity index (χ2n) is 11.8. The molecule has 1 aliphatic rings. The molecule has 204 valence electrons. The van der Waals surface area contributed by atoms with E-state index in [1.54, 1.807) is 0 Å². The molecule has 0 N–H and O–H groups in total. The van der Waals surface area contributed by atoms with Crippen LogP contribution in [0.4, 0.5) is 0 Å². The van der Waals surface area contributed by atoms with Crippen LogP contribution in [0.1, 0.15) is 62.2 Å². The molecule has 0 bridgehead atoms. The summed E-state index contributed by atoms with van der Waals surface area (Å²) in [4.78, 5) is 15.4. The lowest BCUT2D eigenvalue weighted by molar-refractivity contribution is 0.0666. The number of carbonyl (C=O) groups excluding carboxylic acids is 1. The number of aromatic nitrogens is 2. The van der Waals surface area contributed by atoms with Crippen molar-refractivity contribution in [1.29, 1.82) is 0 Å². The van der Waals surface area contributed by atoms with Gasteiger partial charge in [0, 0.05) is 18.7 Å². The topological polar surface area (TPSA) is 56.6 Å². The van der Waals surface area contributed by atoms with E-state index >= 15 is 0 Å². The molecule has 2 heterocycles. The summed E-state index contributed by atoms with van der Waals surface area (Å²) in [7, 11) is -1.86. The summed E-state index contributed by atoms with van der Waals surface area (Å²) in [6, 6.07) is 16.4. The molecule has 3 aromatic rings. The van der Waals surface area contributed by atoms with Crippen molar-refractivity contribution in [3.63, 3.8) is 0 Å². The molecule has 1 aromatic heterocycles. The van der Waals surface area contributed by atoms with Crippen LogP contribution in [0.2, 0.25) is 18.1 Å². The Morgan fingerprint density at radius 3 is 2.29 bits per heavy atom. The lowest BCUT2D eigenvalue weighted by atomic mass is 10.0. The smallest absolute Gasteiger partial charge is 0.272 e. The van der Waals surface area contributed by atoms with Crippen molar-refractivity contribution in [3.8, 4) is 16.9 Å².